The molecule has 1 aliphatic heterocycles. The lowest BCUT2D eigenvalue weighted by Gasteiger charge is -2.15. The Morgan fingerprint density at radius 2 is 2.18 bits per heavy atom. The number of carbonyl (C=O) groups excluding carboxylic acids is 1. The van der Waals surface area contributed by atoms with Crippen molar-refractivity contribution in [3.63, 3.8) is 0 Å². The first-order valence-electron chi connectivity index (χ1n) is 5.85. The van der Waals surface area contributed by atoms with E-state index < -0.39 is 12.1 Å². The molecule has 0 aromatic heterocycles. The summed E-state index contributed by atoms with van der Waals surface area (Å²) in [5.74, 6) is -1.07. The lowest BCUT2D eigenvalue weighted by atomic mass is 10.1. The summed E-state index contributed by atoms with van der Waals surface area (Å²) in [6, 6.07) is 0. The van der Waals surface area contributed by atoms with Crippen molar-refractivity contribution in [1.29, 1.82) is 0 Å². The first-order chi connectivity index (χ1) is 8.04. The first-order valence-corrected chi connectivity index (χ1v) is 5.85. The number of nitrogens with one attached hydrogen (secondary N) is 2. The third-order valence-corrected chi connectivity index (χ3v) is 2.84. The Kier molecular flexibility index (Phi) is 5.37. The van der Waals surface area contributed by atoms with Gasteiger partial charge in [0.25, 0.3) is 0 Å². The number of amides is 1. The molecule has 98 valence electrons. The second-order valence-electron chi connectivity index (χ2n) is 4.37. The predicted molar refractivity (Wildman–Crippen MR) is 61.6 cm³/mol. The number of hydrogen-bond acceptors (Lipinski definition) is 4. The van der Waals surface area contributed by atoms with E-state index in [2.05, 4.69) is 10.6 Å². The lowest BCUT2D eigenvalue weighted by Crippen LogP contribution is -2.38. The predicted octanol–water partition coefficient (Wildman–Crippen LogP) is -0.410. The van der Waals surface area contributed by atoms with Crippen LogP contribution in [-0.2, 0) is 14.3 Å². The quantitative estimate of drug-likeness (QED) is 0.591. The SMILES string of the molecule is CNCC(C)C(=O)NCC1CCC(C(=O)O)O1. The number of carboxylic acid groups (broad SMARTS) is 1. The summed E-state index contributed by atoms with van der Waals surface area (Å²) in [5, 5.41) is 14.4. The van der Waals surface area contributed by atoms with Crippen LogP contribution >= 0.6 is 0 Å². The highest BCUT2D eigenvalue weighted by atomic mass is 16.5. The molecule has 0 aromatic carbocycles. The molecule has 0 spiro atoms. The van der Waals surface area contributed by atoms with Gasteiger partial charge >= 0.3 is 5.97 Å². The number of carbonyl (C=O) groups is 2. The number of aliphatic carboxylic acids is 1. The Morgan fingerprint density at radius 1 is 1.47 bits per heavy atom. The molecule has 1 saturated heterocycles. The molecule has 1 amide bonds. The molecule has 3 atom stereocenters. The van der Waals surface area contributed by atoms with Gasteiger partial charge < -0.3 is 20.5 Å². The number of ether oxygens (including phenoxy) is 1. The summed E-state index contributed by atoms with van der Waals surface area (Å²) < 4.78 is 5.28. The van der Waals surface area contributed by atoms with Crippen LogP contribution in [0.15, 0.2) is 0 Å². The zero-order valence-electron chi connectivity index (χ0n) is 10.2. The number of hydrogen-bond donors (Lipinski definition) is 3. The van der Waals surface area contributed by atoms with Crippen molar-refractivity contribution in [3.05, 3.63) is 0 Å². The van der Waals surface area contributed by atoms with Gasteiger partial charge in [-0.2, -0.15) is 0 Å². The maximum absolute atomic E-state index is 11.6. The molecular formula is C11H20N2O4. The molecule has 0 aliphatic carbocycles. The van der Waals surface area contributed by atoms with E-state index in [0.717, 1.165) is 0 Å². The van der Waals surface area contributed by atoms with Crippen molar-refractivity contribution in [2.75, 3.05) is 20.1 Å². The van der Waals surface area contributed by atoms with E-state index in [1.807, 2.05) is 6.92 Å². The lowest BCUT2D eigenvalue weighted by molar-refractivity contribution is -0.149. The molecule has 1 aliphatic rings. The maximum Gasteiger partial charge on any atom is 0.332 e. The van der Waals surface area contributed by atoms with E-state index in [1.165, 1.54) is 0 Å². The molecule has 1 rings (SSSR count). The molecule has 6 nitrogen and oxygen atoms in total. The summed E-state index contributed by atoms with van der Waals surface area (Å²) >= 11 is 0. The van der Waals surface area contributed by atoms with Gasteiger partial charge in [-0.3, -0.25) is 4.79 Å². The minimum absolute atomic E-state index is 0.0401. The van der Waals surface area contributed by atoms with Crippen molar-refractivity contribution in [3.8, 4) is 0 Å². The molecule has 1 heterocycles. The van der Waals surface area contributed by atoms with Crippen LogP contribution in [0.2, 0.25) is 0 Å². The first kappa shape index (κ1) is 13.9. The fourth-order valence-corrected chi connectivity index (χ4v) is 1.83. The summed E-state index contributed by atoms with van der Waals surface area (Å²) in [6.45, 7) is 2.84. The highest BCUT2D eigenvalue weighted by Gasteiger charge is 2.30. The minimum atomic E-state index is -0.928. The largest absolute Gasteiger partial charge is 0.479 e. The second kappa shape index (κ2) is 6.56. The molecule has 17 heavy (non-hydrogen) atoms. The smallest absolute Gasteiger partial charge is 0.332 e. The van der Waals surface area contributed by atoms with Gasteiger partial charge in [0, 0.05) is 19.0 Å². The van der Waals surface area contributed by atoms with Gasteiger partial charge in [0.2, 0.25) is 5.91 Å². The van der Waals surface area contributed by atoms with Crippen molar-refractivity contribution in [2.45, 2.75) is 32.0 Å². The van der Waals surface area contributed by atoms with Crippen LogP contribution in [0.3, 0.4) is 0 Å². The van der Waals surface area contributed by atoms with E-state index in [4.69, 9.17) is 9.84 Å². The Morgan fingerprint density at radius 3 is 2.71 bits per heavy atom. The zero-order chi connectivity index (χ0) is 12.8. The summed E-state index contributed by atoms with van der Waals surface area (Å²) in [4.78, 5) is 22.2. The average Bonchev–Trinajstić information content (AvgIpc) is 2.75. The van der Waals surface area contributed by atoms with Crippen molar-refractivity contribution >= 4 is 11.9 Å². The molecule has 1 fully saturated rings. The fourth-order valence-electron chi connectivity index (χ4n) is 1.83. The van der Waals surface area contributed by atoms with E-state index in [-0.39, 0.29) is 17.9 Å². The molecule has 6 heteroatoms. The van der Waals surface area contributed by atoms with Crippen molar-refractivity contribution in [2.24, 2.45) is 5.92 Å². The Labute approximate surface area is 101 Å². The molecule has 0 radical (unpaired) electrons. The molecule has 3 N–H and O–H groups in total. The van der Waals surface area contributed by atoms with Gasteiger partial charge in [-0.05, 0) is 19.9 Å². The fraction of sp³-hybridized carbons (Fsp3) is 0.818. The van der Waals surface area contributed by atoms with Gasteiger partial charge in [0.15, 0.2) is 6.10 Å². The highest BCUT2D eigenvalue weighted by Crippen LogP contribution is 2.19. The maximum atomic E-state index is 11.6. The number of carboxylic acids is 1. The van der Waals surface area contributed by atoms with Gasteiger partial charge in [-0.15, -0.1) is 0 Å². The Balaban J connectivity index is 2.23. The molecule has 0 bridgehead atoms. The summed E-state index contributed by atoms with van der Waals surface area (Å²) in [7, 11) is 1.79. The van der Waals surface area contributed by atoms with E-state index in [9.17, 15) is 9.59 Å². The van der Waals surface area contributed by atoms with Crippen molar-refractivity contribution < 1.29 is 19.4 Å². The van der Waals surface area contributed by atoms with Crippen LogP contribution in [0.5, 0.6) is 0 Å². The third kappa shape index (κ3) is 4.32. The number of rotatable bonds is 6. The summed E-state index contributed by atoms with van der Waals surface area (Å²) in [5.41, 5.74) is 0. The Bertz CT molecular complexity index is 283. The van der Waals surface area contributed by atoms with Gasteiger partial charge in [-0.1, -0.05) is 6.92 Å². The Hall–Kier alpha value is -1.14. The molecular weight excluding hydrogens is 224 g/mol. The molecule has 0 saturated carbocycles. The van der Waals surface area contributed by atoms with Gasteiger partial charge in [0.1, 0.15) is 0 Å². The standard InChI is InChI=1S/C11H20N2O4/c1-7(5-12-2)10(14)13-6-8-3-4-9(17-8)11(15)16/h7-9,12H,3-6H2,1-2H3,(H,13,14)(H,15,16). The third-order valence-electron chi connectivity index (χ3n) is 2.84. The van der Waals surface area contributed by atoms with Gasteiger partial charge in [-0.25, -0.2) is 4.79 Å². The van der Waals surface area contributed by atoms with Crippen LogP contribution in [0.25, 0.3) is 0 Å². The van der Waals surface area contributed by atoms with Crippen LogP contribution in [0.4, 0.5) is 0 Å². The normalized spacial score (nSPS) is 25.5. The zero-order valence-corrected chi connectivity index (χ0v) is 10.2. The second-order valence-corrected chi connectivity index (χ2v) is 4.37. The van der Waals surface area contributed by atoms with Crippen LogP contribution in [0.1, 0.15) is 19.8 Å². The van der Waals surface area contributed by atoms with Crippen LogP contribution in [-0.4, -0.2) is 49.3 Å². The monoisotopic (exact) mass is 244 g/mol. The van der Waals surface area contributed by atoms with Gasteiger partial charge in [0.05, 0.1) is 6.10 Å². The van der Waals surface area contributed by atoms with E-state index in [0.29, 0.717) is 25.9 Å². The molecule has 3 unspecified atom stereocenters. The topological polar surface area (TPSA) is 87.7 Å². The van der Waals surface area contributed by atoms with E-state index >= 15 is 0 Å². The summed E-state index contributed by atoms with van der Waals surface area (Å²) in [6.07, 6.45) is 0.299. The minimum Gasteiger partial charge on any atom is -0.479 e. The highest BCUT2D eigenvalue weighted by molar-refractivity contribution is 5.78. The van der Waals surface area contributed by atoms with Crippen LogP contribution < -0.4 is 10.6 Å². The average molecular weight is 244 g/mol. The van der Waals surface area contributed by atoms with Crippen molar-refractivity contribution in [1.82, 2.24) is 10.6 Å². The van der Waals surface area contributed by atoms with Crippen LogP contribution in [0, 0.1) is 5.92 Å². The molecule has 0 aromatic rings. The van der Waals surface area contributed by atoms with E-state index in [1.54, 1.807) is 7.05 Å².